The van der Waals surface area contributed by atoms with E-state index in [0.717, 1.165) is 67.2 Å². The van der Waals surface area contributed by atoms with Crippen LogP contribution in [0, 0.1) is 0 Å². The van der Waals surface area contributed by atoms with E-state index in [4.69, 9.17) is 9.47 Å². The summed E-state index contributed by atoms with van der Waals surface area (Å²) in [4.78, 5) is 13.4. The third-order valence-electron chi connectivity index (χ3n) is 6.25. The number of ether oxygens (including phenoxy) is 2. The number of fused-ring (bicyclic) bond motifs is 2. The molecule has 1 N–H and O–H groups in total. The molecule has 0 aliphatic carbocycles. The van der Waals surface area contributed by atoms with Gasteiger partial charge < -0.3 is 14.8 Å². The first-order valence-electron chi connectivity index (χ1n) is 11.2. The van der Waals surface area contributed by atoms with Crippen molar-refractivity contribution in [2.24, 2.45) is 0 Å². The molecule has 0 amide bonds. The van der Waals surface area contributed by atoms with E-state index in [1.807, 2.05) is 17.6 Å². The van der Waals surface area contributed by atoms with E-state index in [0.29, 0.717) is 5.92 Å². The molecule has 0 saturated heterocycles. The number of nitrogens with one attached hydrogen (secondary N) is 1. The molecule has 0 saturated carbocycles. The molecule has 3 aromatic carbocycles. The highest BCUT2D eigenvalue weighted by atomic mass is 32.1. The molecule has 0 aliphatic heterocycles. The lowest BCUT2D eigenvalue weighted by atomic mass is 9.96. The molecule has 0 spiro atoms. The van der Waals surface area contributed by atoms with Gasteiger partial charge in [0.1, 0.15) is 23.6 Å². The molecular formula is C27H26N4O2S. The van der Waals surface area contributed by atoms with Crippen molar-refractivity contribution in [1.29, 1.82) is 0 Å². The van der Waals surface area contributed by atoms with E-state index in [1.165, 1.54) is 0 Å². The summed E-state index contributed by atoms with van der Waals surface area (Å²) < 4.78 is 12.5. The quantitative estimate of drug-likeness (QED) is 0.272. The first kappa shape index (κ1) is 22.1. The van der Waals surface area contributed by atoms with Crippen LogP contribution in [0.1, 0.15) is 31.7 Å². The Hall–Kier alpha value is -3.71. The molecule has 0 aliphatic rings. The summed E-state index contributed by atoms with van der Waals surface area (Å²) in [7, 11) is 3.38. The van der Waals surface area contributed by atoms with Crippen LogP contribution in [0.4, 0.5) is 11.5 Å². The fourth-order valence-corrected chi connectivity index (χ4v) is 4.85. The van der Waals surface area contributed by atoms with Gasteiger partial charge in [-0.15, -0.1) is 11.3 Å². The second kappa shape index (κ2) is 9.27. The second-order valence-electron chi connectivity index (χ2n) is 8.22. The van der Waals surface area contributed by atoms with Gasteiger partial charge in [0.15, 0.2) is 0 Å². The normalized spacial score (nSPS) is 12.1. The van der Waals surface area contributed by atoms with Gasteiger partial charge in [0, 0.05) is 11.5 Å². The van der Waals surface area contributed by atoms with Crippen molar-refractivity contribution in [3.8, 4) is 22.6 Å². The van der Waals surface area contributed by atoms with Crippen LogP contribution in [-0.2, 0) is 0 Å². The van der Waals surface area contributed by atoms with Crippen molar-refractivity contribution in [3.05, 3.63) is 65.9 Å². The number of aromatic nitrogens is 3. The number of hydrogen-bond donors (Lipinski definition) is 1. The van der Waals surface area contributed by atoms with E-state index in [1.54, 1.807) is 31.9 Å². The molecule has 5 aromatic rings. The van der Waals surface area contributed by atoms with Gasteiger partial charge in [-0.3, -0.25) is 0 Å². The minimum absolute atomic E-state index is 0.354. The number of hydrogen-bond acceptors (Lipinski definition) is 7. The monoisotopic (exact) mass is 470 g/mol. The molecule has 1 atom stereocenters. The molecule has 1 unspecified atom stereocenters. The van der Waals surface area contributed by atoms with Crippen LogP contribution in [-0.4, -0.2) is 29.2 Å². The predicted octanol–water partition coefficient (Wildman–Crippen LogP) is 7.18. The number of thiazole rings is 1. The van der Waals surface area contributed by atoms with Crippen LogP contribution >= 0.6 is 11.3 Å². The van der Waals surface area contributed by atoms with Gasteiger partial charge in [-0.2, -0.15) is 0 Å². The summed E-state index contributed by atoms with van der Waals surface area (Å²) in [5.41, 5.74) is 7.91. The van der Waals surface area contributed by atoms with Gasteiger partial charge >= 0.3 is 0 Å². The van der Waals surface area contributed by atoms with Crippen LogP contribution in [0.15, 0.2) is 60.4 Å². The summed E-state index contributed by atoms with van der Waals surface area (Å²) in [6.07, 6.45) is 2.58. The summed E-state index contributed by atoms with van der Waals surface area (Å²) in [6, 6.07) is 16.6. The predicted molar refractivity (Wildman–Crippen MR) is 140 cm³/mol. The summed E-state index contributed by atoms with van der Waals surface area (Å²) in [5, 5.41) is 4.45. The SMILES string of the molecule is CCC(C)c1cc2c(Nc3cc(-c4ccc5ncsc5c4)ccc3OC)ncnc2cc1OC. The molecular weight excluding hydrogens is 444 g/mol. The van der Waals surface area contributed by atoms with Crippen molar-refractivity contribution in [2.75, 3.05) is 19.5 Å². The van der Waals surface area contributed by atoms with E-state index in [2.05, 4.69) is 70.5 Å². The standard InChI is InChI=1S/C27H26N4O2S/c1-5-16(2)19-12-20-22(13-25(19)33-4)28-14-29-27(20)31-23-10-17(7-9-24(23)32-3)18-6-8-21-26(11-18)34-15-30-21/h6-16H,5H2,1-4H3,(H,28,29,31). The molecule has 2 heterocycles. The maximum atomic E-state index is 5.66. The Morgan fingerprint density at radius 3 is 2.47 bits per heavy atom. The van der Waals surface area contributed by atoms with Gasteiger partial charge in [0.25, 0.3) is 0 Å². The Kier molecular flexibility index (Phi) is 6.02. The number of benzene rings is 3. The Bertz CT molecular complexity index is 1480. The maximum absolute atomic E-state index is 5.66. The summed E-state index contributed by atoms with van der Waals surface area (Å²) in [6.45, 7) is 4.38. The second-order valence-corrected chi connectivity index (χ2v) is 9.10. The van der Waals surface area contributed by atoms with Crippen molar-refractivity contribution in [2.45, 2.75) is 26.2 Å². The average Bonchev–Trinajstić information content (AvgIpc) is 3.35. The minimum atomic E-state index is 0.354. The molecule has 0 bridgehead atoms. The fraction of sp³-hybridized carbons (Fsp3) is 0.222. The highest BCUT2D eigenvalue weighted by Crippen LogP contribution is 2.38. The van der Waals surface area contributed by atoms with Gasteiger partial charge in [-0.05, 0) is 59.4 Å². The largest absolute Gasteiger partial charge is 0.496 e. The Labute approximate surface area is 202 Å². The summed E-state index contributed by atoms with van der Waals surface area (Å²) >= 11 is 1.64. The van der Waals surface area contributed by atoms with Gasteiger partial charge in [-0.1, -0.05) is 26.0 Å². The van der Waals surface area contributed by atoms with E-state index in [9.17, 15) is 0 Å². The highest BCUT2D eigenvalue weighted by Gasteiger charge is 2.16. The summed E-state index contributed by atoms with van der Waals surface area (Å²) in [5.74, 6) is 2.67. The number of anilines is 2. The van der Waals surface area contributed by atoms with Crippen molar-refractivity contribution in [1.82, 2.24) is 15.0 Å². The smallest absolute Gasteiger partial charge is 0.142 e. The highest BCUT2D eigenvalue weighted by molar-refractivity contribution is 7.16. The molecule has 0 radical (unpaired) electrons. The van der Waals surface area contributed by atoms with Gasteiger partial charge in [0.2, 0.25) is 0 Å². The first-order chi connectivity index (χ1) is 16.6. The Morgan fingerprint density at radius 2 is 1.68 bits per heavy atom. The third-order valence-corrected chi connectivity index (χ3v) is 7.04. The molecule has 172 valence electrons. The lowest BCUT2D eigenvalue weighted by molar-refractivity contribution is 0.406. The zero-order chi connectivity index (χ0) is 23.7. The number of methoxy groups -OCH3 is 2. The van der Waals surface area contributed by atoms with Crippen molar-refractivity contribution >= 4 is 44.0 Å². The maximum Gasteiger partial charge on any atom is 0.142 e. The molecule has 34 heavy (non-hydrogen) atoms. The van der Waals surface area contributed by atoms with E-state index >= 15 is 0 Å². The topological polar surface area (TPSA) is 69.2 Å². The minimum Gasteiger partial charge on any atom is -0.496 e. The number of nitrogens with zero attached hydrogens (tertiary/aromatic N) is 3. The molecule has 5 rings (SSSR count). The zero-order valence-electron chi connectivity index (χ0n) is 19.6. The average molecular weight is 471 g/mol. The van der Waals surface area contributed by atoms with E-state index in [-0.39, 0.29) is 0 Å². The van der Waals surface area contributed by atoms with Crippen LogP contribution in [0.3, 0.4) is 0 Å². The molecule has 0 fully saturated rings. The number of rotatable bonds is 7. The van der Waals surface area contributed by atoms with Crippen LogP contribution in [0.2, 0.25) is 0 Å². The van der Waals surface area contributed by atoms with Crippen LogP contribution < -0.4 is 14.8 Å². The molecule has 2 aromatic heterocycles. The molecule has 7 heteroatoms. The zero-order valence-corrected chi connectivity index (χ0v) is 20.4. The fourth-order valence-electron chi connectivity index (χ4n) is 4.13. The lowest BCUT2D eigenvalue weighted by Crippen LogP contribution is -2.02. The Balaban J connectivity index is 1.59. The van der Waals surface area contributed by atoms with Crippen LogP contribution in [0.25, 0.3) is 32.2 Å². The van der Waals surface area contributed by atoms with Crippen molar-refractivity contribution < 1.29 is 9.47 Å². The lowest BCUT2D eigenvalue weighted by Gasteiger charge is -2.17. The Morgan fingerprint density at radius 1 is 0.882 bits per heavy atom. The van der Waals surface area contributed by atoms with Gasteiger partial charge in [-0.25, -0.2) is 15.0 Å². The van der Waals surface area contributed by atoms with Crippen molar-refractivity contribution in [3.63, 3.8) is 0 Å². The van der Waals surface area contributed by atoms with Crippen LogP contribution in [0.5, 0.6) is 11.5 Å². The van der Waals surface area contributed by atoms with E-state index < -0.39 is 0 Å². The molecule has 6 nitrogen and oxygen atoms in total. The van der Waals surface area contributed by atoms with Gasteiger partial charge in [0.05, 0.1) is 41.2 Å². The third kappa shape index (κ3) is 4.03. The first-order valence-corrected chi connectivity index (χ1v) is 12.1.